The Labute approximate surface area is 114 Å². The first-order valence-corrected chi connectivity index (χ1v) is 7.54. The fourth-order valence-corrected chi connectivity index (χ4v) is 2.37. The van der Waals surface area contributed by atoms with Crippen molar-refractivity contribution in [2.24, 2.45) is 5.41 Å². The highest BCUT2D eigenvalue weighted by atomic mass is 15.2. The van der Waals surface area contributed by atoms with Crippen molar-refractivity contribution < 1.29 is 0 Å². The van der Waals surface area contributed by atoms with Crippen LogP contribution >= 0.6 is 0 Å². The molecule has 3 heteroatoms. The minimum absolute atomic E-state index is 0.325. The van der Waals surface area contributed by atoms with Gasteiger partial charge in [-0.05, 0) is 38.6 Å². The monoisotopic (exact) mass is 255 g/mol. The molecule has 1 saturated heterocycles. The summed E-state index contributed by atoms with van der Waals surface area (Å²) in [6, 6.07) is 0. The van der Waals surface area contributed by atoms with E-state index in [1.807, 2.05) is 0 Å². The molecule has 0 aliphatic carbocycles. The highest BCUT2D eigenvalue weighted by Crippen LogP contribution is 2.20. The molecule has 1 aliphatic heterocycles. The lowest BCUT2D eigenvalue weighted by atomic mass is 9.90. The van der Waals surface area contributed by atoms with Gasteiger partial charge in [-0.3, -0.25) is 4.90 Å². The van der Waals surface area contributed by atoms with E-state index in [0.29, 0.717) is 11.0 Å². The molecule has 0 aromatic heterocycles. The highest BCUT2D eigenvalue weighted by molar-refractivity contribution is 4.85. The van der Waals surface area contributed by atoms with Crippen LogP contribution in [0.1, 0.15) is 47.5 Å². The third-order valence-electron chi connectivity index (χ3n) is 4.45. The predicted molar refractivity (Wildman–Crippen MR) is 80.1 cm³/mol. The maximum atomic E-state index is 3.63. The summed E-state index contributed by atoms with van der Waals surface area (Å²) in [5.74, 6) is 0. The predicted octanol–water partition coefficient (Wildman–Crippen LogP) is 2.09. The van der Waals surface area contributed by atoms with Gasteiger partial charge in [0.2, 0.25) is 0 Å². The van der Waals surface area contributed by atoms with Crippen molar-refractivity contribution in [2.45, 2.75) is 53.0 Å². The van der Waals surface area contributed by atoms with Crippen molar-refractivity contribution in [3.05, 3.63) is 0 Å². The molecule has 0 unspecified atom stereocenters. The van der Waals surface area contributed by atoms with Crippen LogP contribution in [-0.4, -0.2) is 49.7 Å². The summed E-state index contributed by atoms with van der Waals surface area (Å²) in [6.45, 7) is 18.6. The highest BCUT2D eigenvalue weighted by Gasteiger charge is 2.27. The smallest absolute Gasteiger partial charge is 0.0166 e. The second-order valence-electron chi connectivity index (χ2n) is 6.99. The van der Waals surface area contributed by atoms with Crippen LogP contribution in [0, 0.1) is 5.41 Å². The zero-order chi connectivity index (χ0) is 13.6. The van der Waals surface area contributed by atoms with E-state index >= 15 is 0 Å². The van der Waals surface area contributed by atoms with Gasteiger partial charge in [-0.2, -0.15) is 0 Å². The first-order chi connectivity index (χ1) is 8.37. The molecule has 3 nitrogen and oxygen atoms in total. The molecule has 0 radical (unpaired) electrons. The molecule has 0 spiro atoms. The molecule has 108 valence electrons. The van der Waals surface area contributed by atoms with Gasteiger partial charge in [-0.25, -0.2) is 0 Å². The first kappa shape index (κ1) is 15.9. The summed E-state index contributed by atoms with van der Waals surface area (Å²) >= 11 is 0. The van der Waals surface area contributed by atoms with Crippen LogP contribution < -0.4 is 10.6 Å². The average Bonchev–Trinajstić information content (AvgIpc) is 2.36. The fourth-order valence-electron chi connectivity index (χ4n) is 2.37. The van der Waals surface area contributed by atoms with E-state index in [9.17, 15) is 0 Å². The van der Waals surface area contributed by atoms with Crippen LogP contribution in [0.2, 0.25) is 0 Å². The van der Waals surface area contributed by atoms with E-state index in [1.165, 1.54) is 25.9 Å². The molecule has 1 aliphatic rings. The van der Waals surface area contributed by atoms with Gasteiger partial charge >= 0.3 is 0 Å². The third-order valence-corrected chi connectivity index (χ3v) is 4.45. The van der Waals surface area contributed by atoms with Crippen LogP contribution in [0.25, 0.3) is 0 Å². The summed E-state index contributed by atoms with van der Waals surface area (Å²) in [5, 5.41) is 7.05. The lowest BCUT2D eigenvalue weighted by Gasteiger charge is -2.41. The molecule has 2 N–H and O–H groups in total. The fraction of sp³-hybridized carbons (Fsp3) is 1.00. The van der Waals surface area contributed by atoms with Crippen LogP contribution in [0.4, 0.5) is 0 Å². The molecule has 0 amide bonds. The number of piperazine rings is 1. The van der Waals surface area contributed by atoms with E-state index < -0.39 is 0 Å². The van der Waals surface area contributed by atoms with Crippen molar-refractivity contribution in [1.82, 2.24) is 15.5 Å². The molecule has 0 saturated carbocycles. The zero-order valence-electron chi connectivity index (χ0n) is 13.1. The van der Waals surface area contributed by atoms with E-state index in [-0.39, 0.29) is 0 Å². The lowest BCUT2D eigenvalue weighted by Crippen LogP contribution is -2.54. The van der Waals surface area contributed by atoms with Crippen molar-refractivity contribution >= 4 is 0 Å². The molecule has 0 atom stereocenters. The summed E-state index contributed by atoms with van der Waals surface area (Å²) < 4.78 is 0. The molecule has 0 bridgehead atoms. The molecule has 1 rings (SSSR count). The molecular weight excluding hydrogens is 222 g/mol. The van der Waals surface area contributed by atoms with Crippen molar-refractivity contribution in [3.8, 4) is 0 Å². The maximum absolute atomic E-state index is 3.63. The van der Waals surface area contributed by atoms with Crippen LogP contribution in [-0.2, 0) is 0 Å². The van der Waals surface area contributed by atoms with Gasteiger partial charge in [0.15, 0.2) is 0 Å². The Morgan fingerprint density at radius 2 is 1.72 bits per heavy atom. The van der Waals surface area contributed by atoms with Gasteiger partial charge < -0.3 is 10.6 Å². The molecule has 0 aromatic carbocycles. The standard InChI is InChI=1S/C15H33N3/c1-6-14(2,3)13-17-8-7-15(4,5)18-11-9-16-10-12-18/h16-17H,6-13H2,1-5H3. The third kappa shape index (κ3) is 5.25. The molecular formula is C15H33N3. The summed E-state index contributed by atoms with van der Waals surface area (Å²) in [5.41, 5.74) is 0.755. The van der Waals surface area contributed by atoms with E-state index in [4.69, 9.17) is 0 Å². The summed E-state index contributed by atoms with van der Waals surface area (Å²) in [7, 11) is 0. The number of hydrogen-bond acceptors (Lipinski definition) is 3. The van der Waals surface area contributed by atoms with Gasteiger partial charge in [0.05, 0.1) is 0 Å². The Kier molecular flexibility index (Phi) is 6.09. The summed E-state index contributed by atoms with van der Waals surface area (Å²) in [4.78, 5) is 2.62. The van der Waals surface area contributed by atoms with E-state index in [2.05, 4.69) is 50.2 Å². The largest absolute Gasteiger partial charge is 0.316 e. The molecule has 0 aromatic rings. The van der Waals surface area contributed by atoms with Gasteiger partial charge in [0, 0.05) is 38.3 Å². The Hall–Kier alpha value is -0.120. The van der Waals surface area contributed by atoms with Crippen LogP contribution in [0.15, 0.2) is 0 Å². The van der Waals surface area contributed by atoms with E-state index in [1.54, 1.807) is 0 Å². The number of nitrogens with zero attached hydrogens (tertiary/aromatic N) is 1. The second kappa shape index (κ2) is 6.88. The van der Waals surface area contributed by atoms with E-state index in [0.717, 1.165) is 26.2 Å². The minimum Gasteiger partial charge on any atom is -0.316 e. The van der Waals surface area contributed by atoms with Crippen LogP contribution in [0.5, 0.6) is 0 Å². The Balaban J connectivity index is 2.24. The SMILES string of the molecule is CCC(C)(C)CNCCC(C)(C)N1CCNCC1. The molecule has 18 heavy (non-hydrogen) atoms. The molecule has 1 heterocycles. The Morgan fingerprint density at radius 1 is 1.11 bits per heavy atom. The maximum Gasteiger partial charge on any atom is 0.0166 e. The number of nitrogens with one attached hydrogen (secondary N) is 2. The normalized spacial score (nSPS) is 19.2. The molecule has 1 fully saturated rings. The number of hydrogen-bond donors (Lipinski definition) is 2. The number of rotatable bonds is 7. The van der Waals surface area contributed by atoms with Crippen molar-refractivity contribution in [3.63, 3.8) is 0 Å². The Morgan fingerprint density at radius 3 is 2.28 bits per heavy atom. The van der Waals surface area contributed by atoms with Gasteiger partial charge in [-0.1, -0.05) is 20.8 Å². The second-order valence-corrected chi connectivity index (χ2v) is 6.99. The first-order valence-electron chi connectivity index (χ1n) is 7.54. The summed E-state index contributed by atoms with van der Waals surface area (Å²) in [6.07, 6.45) is 2.47. The quantitative estimate of drug-likeness (QED) is 0.682. The zero-order valence-corrected chi connectivity index (χ0v) is 13.1. The van der Waals surface area contributed by atoms with Gasteiger partial charge in [0.25, 0.3) is 0 Å². The topological polar surface area (TPSA) is 27.3 Å². The Bertz CT molecular complexity index is 230. The average molecular weight is 255 g/mol. The van der Waals surface area contributed by atoms with Gasteiger partial charge in [-0.15, -0.1) is 0 Å². The van der Waals surface area contributed by atoms with Crippen LogP contribution in [0.3, 0.4) is 0 Å². The van der Waals surface area contributed by atoms with Crippen molar-refractivity contribution in [1.29, 1.82) is 0 Å². The lowest BCUT2D eigenvalue weighted by molar-refractivity contribution is 0.0948. The van der Waals surface area contributed by atoms with Crippen molar-refractivity contribution in [2.75, 3.05) is 39.3 Å². The van der Waals surface area contributed by atoms with Gasteiger partial charge in [0.1, 0.15) is 0 Å². The minimum atomic E-state index is 0.325.